The van der Waals surface area contributed by atoms with Gasteiger partial charge in [0.15, 0.2) is 0 Å². The summed E-state index contributed by atoms with van der Waals surface area (Å²) in [4.78, 5) is 26.2. The van der Waals surface area contributed by atoms with Crippen molar-refractivity contribution in [3.05, 3.63) is 23.3 Å². The van der Waals surface area contributed by atoms with E-state index < -0.39 is 23.5 Å². The molecule has 224 valence electrons. The highest BCUT2D eigenvalue weighted by atomic mass is 16.5. The summed E-state index contributed by atoms with van der Waals surface area (Å²) in [7, 11) is 0. The van der Waals surface area contributed by atoms with Gasteiger partial charge in [0.25, 0.3) is 0 Å². The van der Waals surface area contributed by atoms with Crippen molar-refractivity contribution in [3.63, 3.8) is 0 Å². The van der Waals surface area contributed by atoms with Crippen LogP contribution in [0.15, 0.2) is 23.3 Å². The number of ether oxygens (including phenoxy) is 1. The second-order valence-corrected chi connectivity index (χ2v) is 16.8. The summed E-state index contributed by atoms with van der Waals surface area (Å²) < 4.78 is 6.09. The van der Waals surface area contributed by atoms with Gasteiger partial charge in [-0.25, -0.2) is 4.79 Å². The van der Waals surface area contributed by atoms with Crippen molar-refractivity contribution < 1.29 is 24.5 Å². The average molecular weight is 555 g/mol. The molecule has 0 aliphatic heterocycles. The van der Waals surface area contributed by atoms with Gasteiger partial charge in [-0.2, -0.15) is 0 Å². The highest BCUT2D eigenvalue weighted by molar-refractivity contribution is 5.84. The Morgan fingerprint density at radius 1 is 0.925 bits per heavy atom. The second-order valence-electron chi connectivity index (χ2n) is 16.8. The molecule has 5 aliphatic rings. The standard InChI is InChI=1S/C35H54O5/c1-21(2)18-28(37)40-27-20-30(3,4)19-23-22-10-11-25-32(7)14-13-26(36)31(5,6)24(32)12-15-34(25,9)33(22,8)16-17-35(23,27)29(38)39/h10,18,23-27,36H,11-17,19-20H2,1-9H3,(H,38,39)/t23-,24-,25+,26?,27+,32-,33+,34+,35-/m0/s1. The molecule has 0 aromatic carbocycles. The Balaban J connectivity index is 1.59. The van der Waals surface area contributed by atoms with Gasteiger partial charge in [0.1, 0.15) is 11.5 Å². The molecule has 40 heavy (non-hydrogen) atoms. The number of esters is 1. The van der Waals surface area contributed by atoms with Crippen molar-refractivity contribution in [1.29, 1.82) is 0 Å². The molecule has 5 nitrogen and oxygen atoms in total. The number of allylic oxidation sites excluding steroid dienone is 3. The third kappa shape index (κ3) is 3.95. The first-order valence-corrected chi connectivity index (χ1v) is 15.8. The molecule has 5 heteroatoms. The van der Waals surface area contributed by atoms with Crippen LogP contribution < -0.4 is 0 Å². The molecule has 5 rings (SSSR count). The molecule has 4 fully saturated rings. The SMILES string of the molecule is CC(C)=CC(=O)O[C@@H]1CC(C)(C)C[C@H]2C3=CC[C@@H]4[C@@]5(C)CCC(O)C(C)(C)[C@@H]5CC[C@@]4(C)[C@]3(C)CC[C@@]12C(=O)O. The Morgan fingerprint density at radius 3 is 2.23 bits per heavy atom. The number of carbonyl (C=O) groups excluding carboxylic acids is 1. The minimum atomic E-state index is -1.09. The van der Waals surface area contributed by atoms with Crippen LogP contribution in [0.3, 0.4) is 0 Å². The van der Waals surface area contributed by atoms with Crippen LogP contribution in [0.4, 0.5) is 0 Å². The van der Waals surface area contributed by atoms with Crippen LogP contribution in [0.5, 0.6) is 0 Å². The lowest BCUT2D eigenvalue weighted by Crippen LogP contribution is -2.66. The van der Waals surface area contributed by atoms with Crippen molar-refractivity contribution in [3.8, 4) is 0 Å². The predicted octanol–water partition coefficient (Wildman–Crippen LogP) is 7.72. The Bertz CT molecular complexity index is 1140. The zero-order chi connectivity index (χ0) is 29.7. The third-order valence-electron chi connectivity index (χ3n) is 13.7. The first-order valence-electron chi connectivity index (χ1n) is 15.8. The highest BCUT2D eigenvalue weighted by Gasteiger charge is 2.71. The molecule has 4 saturated carbocycles. The minimum absolute atomic E-state index is 0.0567. The van der Waals surface area contributed by atoms with Gasteiger partial charge in [-0.3, -0.25) is 4.79 Å². The summed E-state index contributed by atoms with van der Waals surface area (Å²) in [6.07, 6.45) is 10.9. The van der Waals surface area contributed by atoms with Crippen molar-refractivity contribution in [2.45, 2.75) is 132 Å². The maximum absolute atomic E-state index is 13.4. The van der Waals surface area contributed by atoms with E-state index in [0.717, 1.165) is 50.5 Å². The first kappa shape index (κ1) is 29.9. The number of hydrogen-bond donors (Lipinski definition) is 2. The van der Waals surface area contributed by atoms with Gasteiger partial charge in [0, 0.05) is 12.0 Å². The fourth-order valence-corrected chi connectivity index (χ4v) is 11.3. The molecule has 0 aromatic heterocycles. The number of aliphatic hydroxyl groups is 1. The molecule has 0 spiro atoms. The number of carbonyl (C=O) groups is 2. The summed E-state index contributed by atoms with van der Waals surface area (Å²) in [5, 5.41) is 21.9. The van der Waals surface area contributed by atoms with Crippen molar-refractivity contribution in [2.24, 2.45) is 50.2 Å². The zero-order valence-corrected chi connectivity index (χ0v) is 26.5. The molecule has 0 bridgehead atoms. The number of hydrogen-bond acceptors (Lipinski definition) is 4. The van der Waals surface area contributed by atoms with Gasteiger partial charge in [-0.15, -0.1) is 0 Å². The van der Waals surface area contributed by atoms with E-state index >= 15 is 0 Å². The molecule has 5 aliphatic carbocycles. The summed E-state index contributed by atoms with van der Waals surface area (Å²) in [6.45, 7) is 20.1. The number of fused-ring (bicyclic) bond motifs is 7. The fourth-order valence-electron chi connectivity index (χ4n) is 11.3. The molecule has 1 unspecified atom stereocenters. The molecule has 0 saturated heterocycles. The lowest BCUT2D eigenvalue weighted by atomic mass is 9.33. The van der Waals surface area contributed by atoms with Crippen LogP contribution in [-0.4, -0.2) is 34.4 Å². The molecule has 9 atom stereocenters. The number of rotatable bonds is 3. The third-order valence-corrected chi connectivity index (χ3v) is 13.7. The monoisotopic (exact) mass is 554 g/mol. The zero-order valence-electron chi connectivity index (χ0n) is 26.5. The number of aliphatic hydroxyl groups excluding tert-OH is 1. The fraction of sp³-hybridized carbons (Fsp3) is 0.829. The smallest absolute Gasteiger partial charge is 0.330 e. The summed E-state index contributed by atoms with van der Waals surface area (Å²) >= 11 is 0. The summed E-state index contributed by atoms with van der Waals surface area (Å²) in [6, 6.07) is 0. The molecular formula is C35H54O5. The Kier molecular flexibility index (Phi) is 6.86. The van der Waals surface area contributed by atoms with Gasteiger partial charge in [-0.1, -0.05) is 65.7 Å². The number of aliphatic carboxylic acids is 1. The Morgan fingerprint density at radius 2 is 1.60 bits per heavy atom. The van der Waals surface area contributed by atoms with Gasteiger partial charge in [0.05, 0.1) is 6.10 Å². The van der Waals surface area contributed by atoms with E-state index in [1.807, 2.05) is 13.8 Å². The maximum Gasteiger partial charge on any atom is 0.330 e. The maximum atomic E-state index is 13.4. The van der Waals surface area contributed by atoms with E-state index in [9.17, 15) is 19.8 Å². The largest absolute Gasteiger partial charge is 0.481 e. The van der Waals surface area contributed by atoms with Crippen LogP contribution in [0.2, 0.25) is 0 Å². The molecule has 0 heterocycles. The van der Waals surface area contributed by atoms with Crippen molar-refractivity contribution in [2.75, 3.05) is 0 Å². The molecule has 0 radical (unpaired) electrons. The van der Waals surface area contributed by atoms with Gasteiger partial charge < -0.3 is 14.9 Å². The predicted molar refractivity (Wildman–Crippen MR) is 157 cm³/mol. The van der Waals surface area contributed by atoms with E-state index in [1.54, 1.807) is 0 Å². The quantitative estimate of drug-likeness (QED) is 0.212. The minimum Gasteiger partial charge on any atom is -0.481 e. The van der Waals surface area contributed by atoms with Crippen LogP contribution in [0.1, 0.15) is 120 Å². The van der Waals surface area contributed by atoms with Gasteiger partial charge >= 0.3 is 11.9 Å². The van der Waals surface area contributed by atoms with Gasteiger partial charge in [0.2, 0.25) is 0 Å². The summed E-state index contributed by atoms with van der Waals surface area (Å²) in [5.74, 6) is -0.399. The number of carboxylic acid groups (broad SMARTS) is 1. The summed E-state index contributed by atoms with van der Waals surface area (Å²) in [5.41, 5.74) is 0.964. The molecule has 0 aromatic rings. The molecule has 0 amide bonds. The lowest BCUT2D eigenvalue weighted by Gasteiger charge is -2.71. The Hall–Kier alpha value is -1.62. The van der Waals surface area contributed by atoms with E-state index in [-0.39, 0.29) is 39.1 Å². The van der Waals surface area contributed by atoms with Gasteiger partial charge in [-0.05, 0) is 111 Å². The average Bonchev–Trinajstić information content (AvgIpc) is 2.81. The second kappa shape index (κ2) is 9.19. The molecule has 2 N–H and O–H groups in total. The van der Waals surface area contributed by atoms with Crippen LogP contribution in [0.25, 0.3) is 0 Å². The van der Waals surface area contributed by atoms with E-state index in [1.165, 1.54) is 11.6 Å². The topological polar surface area (TPSA) is 83.8 Å². The normalized spacial score (nSPS) is 46.9. The van der Waals surface area contributed by atoms with Crippen LogP contribution >= 0.6 is 0 Å². The van der Waals surface area contributed by atoms with Crippen molar-refractivity contribution >= 4 is 11.9 Å². The highest BCUT2D eigenvalue weighted by Crippen LogP contribution is 2.75. The Labute approximate surface area is 242 Å². The van der Waals surface area contributed by atoms with E-state index in [2.05, 4.69) is 54.5 Å². The van der Waals surface area contributed by atoms with E-state index in [4.69, 9.17) is 4.74 Å². The van der Waals surface area contributed by atoms with Crippen LogP contribution in [-0.2, 0) is 14.3 Å². The van der Waals surface area contributed by atoms with Crippen LogP contribution in [0, 0.1) is 50.2 Å². The first-order chi connectivity index (χ1) is 18.3. The van der Waals surface area contributed by atoms with E-state index in [0.29, 0.717) is 24.7 Å². The number of carboxylic acids is 1. The molecular weight excluding hydrogens is 500 g/mol. The lowest BCUT2D eigenvalue weighted by molar-refractivity contribution is -0.215. The van der Waals surface area contributed by atoms with Crippen molar-refractivity contribution in [1.82, 2.24) is 0 Å².